The molecule has 0 bridgehead atoms. The number of phenolic OH excluding ortho intramolecular Hbond substituents is 1. The normalized spacial score (nSPS) is 21.6. The predicted molar refractivity (Wildman–Crippen MR) is 68.1 cm³/mol. The van der Waals surface area contributed by atoms with Gasteiger partial charge in [-0.15, -0.1) is 0 Å². The Morgan fingerprint density at radius 3 is 2.40 bits per heavy atom. The van der Waals surface area contributed by atoms with Crippen LogP contribution in [0.15, 0.2) is 21.1 Å². The van der Waals surface area contributed by atoms with Crippen LogP contribution < -0.4 is 5.32 Å². The summed E-state index contributed by atoms with van der Waals surface area (Å²) in [5.41, 5.74) is 1.23. The molecule has 0 amide bonds. The van der Waals surface area contributed by atoms with Gasteiger partial charge in [0.05, 0.1) is 8.95 Å². The SMILES string of the molecule is Oc1c(Br)cc([C@H]2CCCCN2)cc1Br. The first kappa shape index (κ1) is 11.4. The molecule has 1 aliphatic heterocycles. The summed E-state index contributed by atoms with van der Waals surface area (Å²) in [5.74, 6) is 0.273. The number of benzene rings is 1. The van der Waals surface area contributed by atoms with Gasteiger partial charge >= 0.3 is 0 Å². The smallest absolute Gasteiger partial charge is 0.143 e. The minimum absolute atomic E-state index is 0.273. The topological polar surface area (TPSA) is 32.3 Å². The second-order valence-electron chi connectivity index (χ2n) is 3.84. The Morgan fingerprint density at radius 1 is 1.20 bits per heavy atom. The van der Waals surface area contributed by atoms with Crippen molar-refractivity contribution in [1.82, 2.24) is 5.32 Å². The van der Waals surface area contributed by atoms with Gasteiger partial charge in [0.25, 0.3) is 0 Å². The zero-order valence-corrected chi connectivity index (χ0v) is 11.4. The van der Waals surface area contributed by atoms with E-state index in [1.807, 2.05) is 12.1 Å². The second-order valence-corrected chi connectivity index (χ2v) is 5.54. The summed E-state index contributed by atoms with van der Waals surface area (Å²) in [7, 11) is 0. The molecule has 4 heteroatoms. The Kier molecular flexibility index (Phi) is 3.69. The van der Waals surface area contributed by atoms with Gasteiger partial charge in [-0.2, -0.15) is 0 Å². The first-order chi connectivity index (χ1) is 7.18. The lowest BCUT2D eigenvalue weighted by molar-refractivity contribution is 0.411. The largest absolute Gasteiger partial charge is 0.506 e. The van der Waals surface area contributed by atoms with Crippen LogP contribution in [0.1, 0.15) is 30.9 Å². The zero-order valence-electron chi connectivity index (χ0n) is 8.26. The number of aromatic hydroxyl groups is 1. The van der Waals surface area contributed by atoms with Gasteiger partial charge in [0.15, 0.2) is 0 Å². The molecular formula is C11H13Br2NO. The van der Waals surface area contributed by atoms with Crippen molar-refractivity contribution < 1.29 is 5.11 Å². The van der Waals surface area contributed by atoms with Crippen molar-refractivity contribution in [2.24, 2.45) is 0 Å². The molecule has 1 aromatic rings. The van der Waals surface area contributed by atoms with Crippen LogP contribution in [0, 0.1) is 0 Å². The van der Waals surface area contributed by atoms with E-state index in [4.69, 9.17) is 0 Å². The highest BCUT2D eigenvalue weighted by atomic mass is 79.9. The molecule has 1 saturated heterocycles. The number of phenols is 1. The molecule has 0 radical (unpaired) electrons. The summed E-state index contributed by atoms with van der Waals surface area (Å²) < 4.78 is 1.50. The number of halogens is 2. The van der Waals surface area contributed by atoms with Gasteiger partial charge in [-0.1, -0.05) is 6.42 Å². The van der Waals surface area contributed by atoms with E-state index < -0.39 is 0 Å². The maximum atomic E-state index is 9.61. The molecule has 1 fully saturated rings. The number of piperidine rings is 1. The van der Waals surface area contributed by atoms with Gasteiger partial charge in [-0.05, 0) is 68.9 Å². The lowest BCUT2D eigenvalue weighted by Crippen LogP contribution is -2.26. The molecule has 2 N–H and O–H groups in total. The Labute approximate surface area is 106 Å². The van der Waals surface area contributed by atoms with Crippen molar-refractivity contribution in [3.05, 3.63) is 26.6 Å². The van der Waals surface area contributed by atoms with Crippen LogP contribution in [0.3, 0.4) is 0 Å². The maximum Gasteiger partial charge on any atom is 0.143 e. The lowest BCUT2D eigenvalue weighted by atomic mass is 9.97. The van der Waals surface area contributed by atoms with Crippen molar-refractivity contribution in [3.8, 4) is 5.75 Å². The van der Waals surface area contributed by atoms with Gasteiger partial charge < -0.3 is 10.4 Å². The van der Waals surface area contributed by atoms with E-state index in [9.17, 15) is 5.11 Å². The van der Waals surface area contributed by atoms with E-state index in [1.165, 1.54) is 24.8 Å². The molecule has 0 aliphatic carbocycles. The van der Waals surface area contributed by atoms with E-state index in [0.29, 0.717) is 6.04 Å². The molecule has 2 rings (SSSR count). The second kappa shape index (κ2) is 4.85. The Balaban J connectivity index is 2.27. The first-order valence-corrected chi connectivity index (χ1v) is 6.68. The molecule has 0 saturated carbocycles. The van der Waals surface area contributed by atoms with E-state index >= 15 is 0 Å². The molecule has 1 aromatic carbocycles. The third kappa shape index (κ3) is 2.55. The fourth-order valence-corrected chi connectivity index (χ4v) is 3.14. The van der Waals surface area contributed by atoms with Gasteiger partial charge in [-0.25, -0.2) is 0 Å². The summed E-state index contributed by atoms with van der Waals surface area (Å²) >= 11 is 6.71. The number of hydrogen-bond acceptors (Lipinski definition) is 2. The van der Waals surface area contributed by atoms with E-state index in [-0.39, 0.29) is 5.75 Å². The Morgan fingerprint density at radius 2 is 1.87 bits per heavy atom. The standard InChI is InChI=1S/C11H13Br2NO/c12-8-5-7(6-9(13)11(8)15)10-3-1-2-4-14-10/h5-6,10,14-15H,1-4H2/t10-/m1/s1. The Hall–Kier alpha value is -0.0600. The molecule has 1 aliphatic rings. The summed E-state index contributed by atoms with van der Waals surface area (Å²) in [4.78, 5) is 0. The molecule has 1 atom stereocenters. The molecule has 2 nitrogen and oxygen atoms in total. The zero-order chi connectivity index (χ0) is 10.8. The summed E-state index contributed by atoms with van der Waals surface area (Å²) in [6.45, 7) is 1.08. The van der Waals surface area contributed by atoms with Gasteiger partial charge in [0, 0.05) is 6.04 Å². The fraction of sp³-hybridized carbons (Fsp3) is 0.455. The van der Waals surface area contributed by atoms with Crippen LogP contribution in [-0.4, -0.2) is 11.7 Å². The average Bonchev–Trinajstić information content (AvgIpc) is 2.26. The van der Waals surface area contributed by atoms with E-state index in [1.54, 1.807) is 0 Å². The van der Waals surface area contributed by atoms with Gasteiger partial charge in [0.2, 0.25) is 0 Å². The highest BCUT2D eigenvalue weighted by Crippen LogP contribution is 2.36. The first-order valence-electron chi connectivity index (χ1n) is 5.10. The lowest BCUT2D eigenvalue weighted by Gasteiger charge is -2.24. The number of hydrogen-bond donors (Lipinski definition) is 2. The van der Waals surface area contributed by atoms with Crippen LogP contribution in [-0.2, 0) is 0 Å². The number of rotatable bonds is 1. The minimum atomic E-state index is 0.273. The average molecular weight is 335 g/mol. The molecule has 0 unspecified atom stereocenters. The molecule has 0 aromatic heterocycles. The number of nitrogens with one attached hydrogen (secondary N) is 1. The predicted octanol–water partition coefficient (Wildman–Crippen LogP) is 3.73. The van der Waals surface area contributed by atoms with Gasteiger partial charge in [0.1, 0.15) is 5.75 Å². The van der Waals surface area contributed by atoms with E-state index in [0.717, 1.165) is 15.5 Å². The van der Waals surface area contributed by atoms with Crippen LogP contribution in [0.2, 0.25) is 0 Å². The summed E-state index contributed by atoms with van der Waals surface area (Å²) in [6.07, 6.45) is 3.70. The highest BCUT2D eigenvalue weighted by Gasteiger charge is 2.16. The third-order valence-electron chi connectivity index (χ3n) is 2.75. The molecule has 15 heavy (non-hydrogen) atoms. The van der Waals surface area contributed by atoms with Gasteiger partial charge in [-0.3, -0.25) is 0 Å². The minimum Gasteiger partial charge on any atom is -0.506 e. The summed E-state index contributed by atoms with van der Waals surface area (Å²) in [5, 5.41) is 13.1. The van der Waals surface area contributed by atoms with E-state index in [2.05, 4.69) is 37.2 Å². The Bertz CT molecular complexity index is 339. The van der Waals surface area contributed by atoms with Crippen molar-refractivity contribution >= 4 is 31.9 Å². The molecular weight excluding hydrogens is 322 g/mol. The monoisotopic (exact) mass is 333 g/mol. The van der Waals surface area contributed by atoms with Crippen molar-refractivity contribution in [2.45, 2.75) is 25.3 Å². The molecule has 82 valence electrons. The van der Waals surface area contributed by atoms with Crippen LogP contribution in [0.25, 0.3) is 0 Å². The maximum absolute atomic E-state index is 9.61. The third-order valence-corrected chi connectivity index (χ3v) is 3.96. The molecule has 0 spiro atoms. The van der Waals surface area contributed by atoms with Crippen LogP contribution in [0.5, 0.6) is 5.75 Å². The van der Waals surface area contributed by atoms with Crippen LogP contribution >= 0.6 is 31.9 Å². The van der Waals surface area contributed by atoms with Crippen molar-refractivity contribution in [1.29, 1.82) is 0 Å². The highest BCUT2D eigenvalue weighted by molar-refractivity contribution is 9.11. The quantitative estimate of drug-likeness (QED) is 0.820. The van der Waals surface area contributed by atoms with Crippen molar-refractivity contribution in [3.63, 3.8) is 0 Å². The fourth-order valence-electron chi connectivity index (χ4n) is 1.92. The molecule has 1 heterocycles. The summed E-state index contributed by atoms with van der Waals surface area (Å²) in [6, 6.07) is 4.40. The van der Waals surface area contributed by atoms with Crippen molar-refractivity contribution in [2.75, 3.05) is 6.54 Å². The van der Waals surface area contributed by atoms with Crippen LogP contribution in [0.4, 0.5) is 0 Å².